The fraction of sp³-hybridized carbons (Fsp3) is 0.194. The van der Waals surface area contributed by atoms with Crippen molar-refractivity contribution in [1.29, 1.82) is 0 Å². The van der Waals surface area contributed by atoms with Gasteiger partial charge in [0.05, 0.1) is 17.4 Å². The number of benzene rings is 2. The van der Waals surface area contributed by atoms with Crippen molar-refractivity contribution in [2.24, 2.45) is 5.92 Å². The Labute approximate surface area is 249 Å². The minimum absolute atomic E-state index is 0.0239. The van der Waals surface area contributed by atoms with Gasteiger partial charge in [-0.2, -0.15) is 0 Å². The molecule has 5 rings (SSSR count). The minimum Gasteiger partial charge on any atom is -0.772 e. The lowest BCUT2D eigenvalue weighted by molar-refractivity contribution is 0.0650. The van der Waals surface area contributed by atoms with Gasteiger partial charge in [-0.25, -0.2) is 9.37 Å². The summed E-state index contributed by atoms with van der Waals surface area (Å²) in [6, 6.07) is 18.2. The second kappa shape index (κ2) is 13.4. The van der Waals surface area contributed by atoms with E-state index in [1.54, 1.807) is 41.3 Å². The van der Waals surface area contributed by atoms with E-state index in [1.165, 1.54) is 48.8 Å². The zero-order chi connectivity index (χ0) is 30.3. The number of piperidine rings is 1. The normalized spacial score (nSPS) is 14.1. The van der Waals surface area contributed by atoms with Gasteiger partial charge in [-0.3, -0.25) is 23.6 Å². The van der Waals surface area contributed by atoms with E-state index in [4.69, 9.17) is 4.74 Å². The summed E-state index contributed by atoms with van der Waals surface area (Å²) < 4.78 is 40.3. The maximum absolute atomic E-state index is 13.0. The second-order valence-electron chi connectivity index (χ2n) is 9.90. The van der Waals surface area contributed by atoms with E-state index in [9.17, 15) is 27.5 Å². The van der Waals surface area contributed by atoms with Crippen LogP contribution in [-0.2, 0) is 16.8 Å². The molecule has 1 atom stereocenters. The molecule has 43 heavy (non-hydrogen) atoms. The van der Waals surface area contributed by atoms with Crippen LogP contribution >= 0.6 is 0 Å². The van der Waals surface area contributed by atoms with Crippen molar-refractivity contribution < 1.29 is 32.3 Å². The highest BCUT2D eigenvalue weighted by atomic mass is 32.2. The molecule has 1 unspecified atom stereocenters. The average Bonchev–Trinajstić information content (AvgIpc) is 3.02. The number of hydrogen-bond donors (Lipinski definition) is 1. The number of nitrogens with zero attached hydrogens (tertiary/aromatic N) is 3. The molecule has 2 amide bonds. The van der Waals surface area contributed by atoms with Crippen LogP contribution in [-0.4, -0.2) is 54.3 Å². The van der Waals surface area contributed by atoms with Crippen LogP contribution in [0.2, 0.25) is 0 Å². The van der Waals surface area contributed by atoms with Crippen molar-refractivity contribution in [3.63, 3.8) is 0 Å². The van der Waals surface area contributed by atoms with Crippen LogP contribution in [0, 0.1) is 11.7 Å². The summed E-state index contributed by atoms with van der Waals surface area (Å²) >= 11 is -2.19. The molecular formula is C31H26FN4O6S-. The first kappa shape index (κ1) is 29.7. The molecule has 2 aromatic heterocycles. The minimum atomic E-state index is -2.19. The van der Waals surface area contributed by atoms with E-state index in [0.717, 1.165) is 0 Å². The molecule has 220 valence electrons. The molecule has 10 nitrogen and oxygen atoms in total. The van der Waals surface area contributed by atoms with Crippen LogP contribution in [0.5, 0.6) is 11.6 Å². The van der Waals surface area contributed by atoms with Crippen LogP contribution in [0.4, 0.5) is 10.1 Å². The van der Waals surface area contributed by atoms with E-state index in [-0.39, 0.29) is 40.8 Å². The lowest BCUT2D eigenvalue weighted by Gasteiger charge is -2.31. The number of Topliss-reactive ketones (excluding diaryl/α,β-unsaturated/α-hetero) is 1. The molecule has 12 heteroatoms. The van der Waals surface area contributed by atoms with Gasteiger partial charge < -0.3 is 19.5 Å². The molecule has 0 radical (unpaired) electrons. The van der Waals surface area contributed by atoms with Gasteiger partial charge in [0, 0.05) is 42.6 Å². The number of carbonyl (C=O) groups excluding carboxylic acids is 3. The first-order valence-electron chi connectivity index (χ1n) is 13.4. The number of rotatable bonds is 9. The van der Waals surface area contributed by atoms with Crippen LogP contribution in [0.25, 0.3) is 0 Å². The van der Waals surface area contributed by atoms with Crippen molar-refractivity contribution >= 4 is 34.4 Å². The third-order valence-electron chi connectivity index (χ3n) is 6.95. The number of likely N-dealkylation sites (tertiary alicyclic amines) is 1. The lowest BCUT2D eigenvalue weighted by atomic mass is 9.88. The molecule has 1 fully saturated rings. The van der Waals surface area contributed by atoms with E-state index >= 15 is 0 Å². The fourth-order valence-electron chi connectivity index (χ4n) is 4.65. The van der Waals surface area contributed by atoms with Gasteiger partial charge in [0.15, 0.2) is 5.78 Å². The van der Waals surface area contributed by atoms with Crippen LogP contribution in [0.1, 0.15) is 49.6 Å². The Hall–Kier alpha value is -4.81. The molecule has 4 aromatic rings. The molecule has 2 aromatic carbocycles. The highest BCUT2D eigenvalue weighted by Crippen LogP contribution is 2.24. The maximum Gasteiger partial charge on any atom is 0.274 e. The molecule has 1 aliphatic heterocycles. The van der Waals surface area contributed by atoms with Gasteiger partial charge in [0.25, 0.3) is 11.8 Å². The lowest BCUT2D eigenvalue weighted by Crippen LogP contribution is -2.40. The standard InChI is InChI=1S/C31H27FN4O6S/c32-24-6-9-26(10-7-24)42-28-12-8-25(18-34-28)35-30(38)27-11-5-23(17-33-27)31(39)36-15-13-22(14-16-36)29(37)21-3-1-20(2-4-21)19-43(40)41/h1-12,17-18,22H,13-16,19H2,(H,35,38)(H,40,41)/p-1. The highest BCUT2D eigenvalue weighted by molar-refractivity contribution is 7.78. The second-order valence-corrected chi connectivity index (χ2v) is 10.8. The largest absolute Gasteiger partial charge is 0.772 e. The number of amides is 2. The third-order valence-corrected chi connectivity index (χ3v) is 7.52. The molecule has 3 heterocycles. The Balaban J connectivity index is 1.11. The van der Waals surface area contributed by atoms with Crippen molar-refractivity contribution in [2.75, 3.05) is 18.4 Å². The number of hydrogen-bond acceptors (Lipinski definition) is 8. The number of pyridine rings is 2. The highest BCUT2D eigenvalue weighted by Gasteiger charge is 2.28. The summed E-state index contributed by atoms with van der Waals surface area (Å²) in [6.07, 6.45) is 3.78. The summed E-state index contributed by atoms with van der Waals surface area (Å²) in [6.45, 7) is 0.803. The number of nitrogens with one attached hydrogen (secondary N) is 1. The maximum atomic E-state index is 13.0. The zero-order valence-electron chi connectivity index (χ0n) is 22.8. The monoisotopic (exact) mass is 601 g/mol. The number of aromatic nitrogens is 2. The summed E-state index contributed by atoms with van der Waals surface area (Å²) in [4.78, 5) is 48.6. The van der Waals surface area contributed by atoms with Crippen LogP contribution in [0.3, 0.4) is 0 Å². The molecule has 0 spiro atoms. The van der Waals surface area contributed by atoms with Crippen LogP contribution < -0.4 is 10.1 Å². The summed E-state index contributed by atoms with van der Waals surface area (Å²) in [7, 11) is 0. The third kappa shape index (κ3) is 7.73. The van der Waals surface area contributed by atoms with Crippen LogP contribution in [0.15, 0.2) is 85.2 Å². The molecule has 1 aliphatic rings. The molecule has 0 bridgehead atoms. The molecule has 0 aliphatic carbocycles. The smallest absolute Gasteiger partial charge is 0.274 e. The van der Waals surface area contributed by atoms with Crippen molar-refractivity contribution in [3.8, 4) is 11.6 Å². The van der Waals surface area contributed by atoms with Gasteiger partial charge >= 0.3 is 0 Å². The Morgan fingerprint density at radius 2 is 1.60 bits per heavy atom. The zero-order valence-corrected chi connectivity index (χ0v) is 23.6. The Bertz CT molecular complexity index is 1620. The fourth-order valence-corrected chi connectivity index (χ4v) is 5.12. The van der Waals surface area contributed by atoms with Gasteiger partial charge in [-0.05, 0) is 60.9 Å². The van der Waals surface area contributed by atoms with Crippen molar-refractivity contribution in [3.05, 3.63) is 113 Å². The van der Waals surface area contributed by atoms with Gasteiger partial charge in [0.1, 0.15) is 17.3 Å². The van der Waals surface area contributed by atoms with Gasteiger partial charge in [-0.1, -0.05) is 35.3 Å². The Morgan fingerprint density at radius 3 is 2.21 bits per heavy atom. The Morgan fingerprint density at radius 1 is 0.907 bits per heavy atom. The number of anilines is 1. The van der Waals surface area contributed by atoms with E-state index in [0.29, 0.717) is 54.1 Å². The van der Waals surface area contributed by atoms with Crippen molar-refractivity contribution in [2.45, 2.75) is 18.6 Å². The number of halogens is 1. The topological polar surface area (TPSA) is 142 Å². The quantitative estimate of drug-likeness (QED) is 0.214. The molecule has 0 saturated carbocycles. The first-order chi connectivity index (χ1) is 20.7. The summed E-state index contributed by atoms with van der Waals surface area (Å²) in [5.74, 6) is -0.763. The predicted octanol–water partition coefficient (Wildman–Crippen LogP) is 4.77. The van der Waals surface area contributed by atoms with E-state index in [1.807, 2.05) is 0 Å². The SMILES string of the molecule is O=C(Nc1ccc(Oc2ccc(F)cc2)nc1)c1ccc(C(=O)N2CCC(C(=O)c3ccc(CS(=O)[O-])cc3)CC2)cn1. The molecule has 1 N–H and O–H groups in total. The van der Waals surface area contributed by atoms with Gasteiger partial charge in [0.2, 0.25) is 5.88 Å². The van der Waals surface area contributed by atoms with E-state index in [2.05, 4.69) is 15.3 Å². The summed E-state index contributed by atoms with van der Waals surface area (Å²) in [5.41, 5.74) is 1.98. The first-order valence-corrected chi connectivity index (χ1v) is 14.6. The Kier molecular flexibility index (Phi) is 9.28. The average molecular weight is 602 g/mol. The predicted molar refractivity (Wildman–Crippen MR) is 155 cm³/mol. The van der Waals surface area contributed by atoms with Gasteiger partial charge in [-0.15, -0.1) is 0 Å². The van der Waals surface area contributed by atoms with Crippen molar-refractivity contribution in [1.82, 2.24) is 14.9 Å². The summed E-state index contributed by atoms with van der Waals surface area (Å²) in [5, 5.41) is 2.69. The molecular weight excluding hydrogens is 575 g/mol. The van der Waals surface area contributed by atoms with E-state index < -0.39 is 17.0 Å². The number of ether oxygens (including phenoxy) is 1. The molecule has 1 saturated heterocycles. The number of ketones is 1. The number of carbonyl (C=O) groups is 3.